The lowest BCUT2D eigenvalue weighted by Gasteiger charge is -2.13. The summed E-state index contributed by atoms with van der Waals surface area (Å²) in [7, 11) is 0. The van der Waals surface area contributed by atoms with Gasteiger partial charge >= 0.3 is 0 Å². The summed E-state index contributed by atoms with van der Waals surface area (Å²) in [5.41, 5.74) is 0.974. The molecule has 84 valence electrons. The highest BCUT2D eigenvalue weighted by molar-refractivity contribution is 9.10. The SMILES string of the molecule is CC(C)Oc1cc(Br)ccc1-c1ncc[nH]1. The van der Waals surface area contributed by atoms with Crippen molar-refractivity contribution in [1.82, 2.24) is 9.97 Å². The summed E-state index contributed by atoms with van der Waals surface area (Å²) >= 11 is 3.44. The van der Waals surface area contributed by atoms with Gasteiger partial charge in [0.15, 0.2) is 0 Å². The van der Waals surface area contributed by atoms with E-state index in [0.29, 0.717) is 0 Å². The Balaban J connectivity index is 2.44. The van der Waals surface area contributed by atoms with Crippen molar-refractivity contribution in [2.45, 2.75) is 20.0 Å². The Labute approximate surface area is 103 Å². The van der Waals surface area contributed by atoms with E-state index >= 15 is 0 Å². The number of nitrogens with one attached hydrogen (secondary N) is 1. The molecule has 0 saturated heterocycles. The van der Waals surface area contributed by atoms with Crippen LogP contribution in [0.5, 0.6) is 5.75 Å². The van der Waals surface area contributed by atoms with Crippen molar-refractivity contribution in [1.29, 1.82) is 0 Å². The number of H-pyrrole nitrogens is 1. The second kappa shape index (κ2) is 4.70. The van der Waals surface area contributed by atoms with Gasteiger partial charge in [0.05, 0.1) is 11.7 Å². The van der Waals surface area contributed by atoms with E-state index in [-0.39, 0.29) is 6.10 Å². The lowest BCUT2D eigenvalue weighted by Crippen LogP contribution is -2.06. The Morgan fingerprint density at radius 3 is 2.81 bits per heavy atom. The quantitative estimate of drug-likeness (QED) is 0.933. The Hall–Kier alpha value is -1.29. The van der Waals surface area contributed by atoms with Gasteiger partial charge in [0.1, 0.15) is 11.6 Å². The molecule has 0 aliphatic rings. The highest BCUT2D eigenvalue weighted by atomic mass is 79.9. The number of hydrogen-bond acceptors (Lipinski definition) is 2. The summed E-state index contributed by atoms with van der Waals surface area (Å²) in [5, 5.41) is 0. The zero-order chi connectivity index (χ0) is 11.5. The van der Waals surface area contributed by atoms with Crippen molar-refractivity contribution < 1.29 is 4.74 Å². The lowest BCUT2D eigenvalue weighted by atomic mass is 10.2. The van der Waals surface area contributed by atoms with Crippen LogP contribution in [0.3, 0.4) is 0 Å². The van der Waals surface area contributed by atoms with E-state index in [1.807, 2.05) is 32.0 Å². The molecule has 2 aromatic rings. The molecule has 0 aliphatic heterocycles. The first-order chi connectivity index (χ1) is 7.66. The third-order valence-corrected chi connectivity index (χ3v) is 2.55. The molecule has 4 heteroatoms. The van der Waals surface area contributed by atoms with E-state index in [0.717, 1.165) is 21.6 Å². The standard InChI is InChI=1S/C12H13BrN2O/c1-8(2)16-11-7-9(13)3-4-10(11)12-14-5-6-15-12/h3-8H,1-2H3,(H,14,15). The van der Waals surface area contributed by atoms with Crippen LogP contribution < -0.4 is 4.74 Å². The molecular formula is C12H13BrN2O. The van der Waals surface area contributed by atoms with Crippen LogP contribution in [0.1, 0.15) is 13.8 Å². The van der Waals surface area contributed by atoms with Gasteiger partial charge in [0.2, 0.25) is 0 Å². The maximum Gasteiger partial charge on any atom is 0.141 e. The van der Waals surface area contributed by atoms with E-state index in [4.69, 9.17) is 4.74 Å². The molecule has 0 saturated carbocycles. The third kappa shape index (κ3) is 2.44. The molecule has 0 radical (unpaired) electrons. The first kappa shape index (κ1) is 11.2. The Bertz CT molecular complexity index is 466. The van der Waals surface area contributed by atoms with Gasteiger partial charge in [-0.2, -0.15) is 0 Å². The summed E-state index contributed by atoms with van der Waals surface area (Å²) in [4.78, 5) is 7.31. The van der Waals surface area contributed by atoms with Crippen LogP contribution in [0, 0.1) is 0 Å². The number of halogens is 1. The van der Waals surface area contributed by atoms with Crippen LogP contribution in [-0.4, -0.2) is 16.1 Å². The van der Waals surface area contributed by atoms with Gasteiger partial charge < -0.3 is 9.72 Å². The van der Waals surface area contributed by atoms with E-state index in [1.165, 1.54) is 0 Å². The maximum absolute atomic E-state index is 5.76. The minimum absolute atomic E-state index is 0.142. The van der Waals surface area contributed by atoms with E-state index in [1.54, 1.807) is 12.4 Å². The average molecular weight is 281 g/mol. The Morgan fingerprint density at radius 1 is 1.38 bits per heavy atom. The van der Waals surface area contributed by atoms with Gasteiger partial charge in [0, 0.05) is 16.9 Å². The van der Waals surface area contributed by atoms with Crippen LogP contribution in [0.25, 0.3) is 11.4 Å². The molecule has 16 heavy (non-hydrogen) atoms. The minimum atomic E-state index is 0.142. The van der Waals surface area contributed by atoms with E-state index in [2.05, 4.69) is 25.9 Å². The number of rotatable bonds is 3. The highest BCUT2D eigenvalue weighted by Gasteiger charge is 2.10. The molecule has 1 heterocycles. The fourth-order valence-corrected chi connectivity index (χ4v) is 1.80. The smallest absolute Gasteiger partial charge is 0.141 e. The summed E-state index contributed by atoms with van der Waals surface area (Å²) in [6.45, 7) is 4.01. The molecule has 0 fully saturated rings. The van der Waals surface area contributed by atoms with Gasteiger partial charge in [-0.25, -0.2) is 4.98 Å². The van der Waals surface area contributed by atoms with E-state index in [9.17, 15) is 0 Å². The molecule has 0 spiro atoms. The van der Waals surface area contributed by atoms with Crippen molar-refractivity contribution >= 4 is 15.9 Å². The van der Waals surface area contributed by atoms with Gasteiger partial charge in [-0.15, -0.1) is 0 Å². The van der Waals surface area contributed by atoms with Gasteiger partial charge in [0.25, 0.3) is 0 Å². The molecule has 0 aliphatic carbocycles. The van der Waals surface area contributed by atoms with Crippen molar-refractivity contribution in [3.8, 4) is 17.1 Å². The molecule has 0 unspecified atom stereocenters. The lowest BCUT2D eigenvalue weighted by molar-refractivity contribution is 0.243. The second-order valence-electron chi connectivity index (χ2n) is 3.74. The molecule has 1 aromatic carbocycles. The molecule has 0 atom stereocenters. The highest BCUT2D eigenvalue weighted by Crippen LogP contribution is 2.31. The Morgan fingerprint density at radius 2 is 2.19 bits per heavy atom. The number of benzene rings is 1. The first-order valence-corrected chi connectivity index (χ1v) is 5.92. The van der Waals surface area contributed by atoms with Crippen molar-refractivity contribution in [2.75, 3.05) is 0 Å². The topological polar surface area (TPSA) is 37.9 Å². The van der Waals surface area contributed by atoms with Crippen molar-refractivity contribution in [3.63, 3.8) is 0 Å². The van der Waals surface area contributed by atoms with Crippen LogP contribution >= 0.6 is 15.9 Å². The second-order valence-corrected chi connectivity index (χ2v) is 4.66. The number of imidazole rings is 1. The molecular weight excluding hydrogens is 268 g/mol. The summed E-state index contributed by atoms with van der Waals surface area (Å²) in [6.07, 6.45) is 3.68. The third-order valence-electron chi connectivity index (χ3n) is 2.06. The molecule has 1 N–H and O–H groups in total. The molecule has 0 bridgehead atoms. The van der Waals surface area contributed by atoms with Gasteiger partial charge in [-0.3, -0.25) is 0 Å². The summed E-state index contributed by atoms with van der Waals surface area (Å²) in [5.74, 6) is 1.66. The molecule has 1 aromatic heterocycles. The average Bonchev–Trinajstić information content (AvgIpc) is 2.69. The van der Waals surface area contributed by atoms with Crippen LogP contribution in [0.2, 0.25) is 0 Å². The van der Waals surface area contributed by atoms with E-state index < -0.39 is 0 Å². The molecule has 0 amide bonds. The number of hydrogen-bond donors (Lipinski definition) is 1. The number of ether oxygens (including phenoxy) is 1. The summed E-state index contributed by atoms with van der Waals surface area (Å²) in [6, 6.07) is 5.92. The molecule has 3 nitrogen and oxygen atoms in total. The minimum Gasteiger partial charge on any atom is -0.490 e. The Kier molecular flexibility index (Phi) is 3.29. The maximum atomic E-state index is 5.76. The fourth-order valence-electron chi connectivity index (χ4n) is 1.46. The normalized spacial score (nSPS) is 10.8. The van der Waals surface area contributed by atoms with Crippen LogP contribution in [0.4, 0.5) is 0 Å². The largest absolute Gasteiger partial charge is 0.490 e. The zero-order valence-electron chi connectivity index (χ0n) is 9.20. The van der Waals surface area contributed by atoms with Crippen molar-refractivity contribution in [2.24, 2.45) is 0 Å². The molecule has 2 rings (SSSR count). The number of aromatic nitrogens is 2. The van der Waals surface area contributed by atoms with Gasteiger partial charge in [-0.05, 0) is 32.0 Å². The van der Waals surface area contributed by atoms with Crippen molar-refractivity contribution in [3.05, 3.63) is 35.1 Å². The fraction of sp³-hybridized carbons (Fsp3) is 0.250. The number of aromatic amines is 1. The summed E-state index contributed by atoms with van der Waals surface area (Å²) < 4.78 is 6.76. The number of nitrogens with zero attached hydrogens (tertiary/aromatic N) is 1. The van der Waals surface area contributed by atoms with Crippen LogP contribution in [-0.2, 0) is 0 Å². The monoisotopic (exact) mass is 280 g/mol. The first-order valence-electron chi connectivity index (χ1n) is 5.13. The van der Waals surface area contributed by atoms with Gasteiger partial charge in [-0.1, -0.05) is 15.9 Å². The van der Waals surface area contributed by atoms with Crippen LogP contribution in [0.15, 0.2) is 35.1 Å². The predicted molar refractivity (Wildman–Crippen MR) is 67.5 cm³/mol. The predicted octanol–water partition coefficient (Wildman–Crippen LogP) is 3.63. The zero-order valence-corrected chi connectivity index (χ0v) is 10.8.